The second kappa shape index (κ2) is 7.55. The molecule has 0 aromatic heterocycles. The fourth-order valence-corrected chi connectivity index (χ4v) is 5.14. The van der Waals surface area contributed by atoms with Crippen molar-refractivity contribution in [1.82, 2.24) is 4.90 Å². The van der Waals surface area contributed by atoms with Crippen LogP contribution < -0.4 is 11.1 Å². The summed E-state index contributed by atoms with van der Waals surface area (Å²) in [5.41, 5.74) is 6.76. The van der Waals surface area contributed by atoms with Gasteiger partial charge in [-0.15, -0.1) is 0 Å². The molecule has 116 valence electrons. The van der Waals surface area contributed by atoms with E-state index in [0.29, 0.717) is 12.5 Å². The van der Waals surface area contributed by atoms with E-state index in [4.69, 9.17) is 5.73 Å². The summed E-state index contributed by atoms with van der Waals surface area (Å²) >= 11 is 10.3. The largest absolute Gasteiger partial charge is 0.327 e. The van der Waals surface area contributed by atoms with E-state index in [1.54, 1.807) is 0 Å². The quantitative estimate of drug-likeness (QED) is 0.691. The number of nitrogens with zero attached hydrogens (tertiary/aromatic N) is 1. The average Bonchev–Trinajstić information content (AvgIpc) is 2.32. The second-order valence-corrected chi connectivity index (χ2v) is 8.21. The highest BCUT2D eigenvalue weighted by atomic mass is 79.9. The Morgan fingerprint density at radius 1 is 1.33 bits per heavy atom. The molecule has 2 rings (SSSR count). The lowest BCUT2D eigenvalue weighted by Gasteiger charge is -2.34. The van der Waals surface area contributed by atoms with E-state index in [2.05, 4.69) is 64.9 Å². The van der Waals surface area contributed by atoms with E-state index >= 15 is 0 Å². The van der Waals surface area contributed by atoms with Gasteiger partial charge in [-0.2, -0.15) is 0 Å². The number of hydrogen-bond donors (Lipinski definition) is 2. The van der Waals surface area contributed by atoms with Crippen LogP contribution in [0.2, 0.25) is 0 Å². The van der Waals surface area contributed by atoms with Gasteiger partial charge in [-0.05, 0) is 56.3 Å². The number of nitrogens with two attached hydrogens (primary N) is 1. The molecule has 1 aromatic carbocycles. The van der Waals surface area contributed by atoms with E-state index in [9.17, 15) is 4.79 Å². The predicted molar refractivity (Wildman–Crippen MR) is 96.4 cm³/mol. The van der Waals surface area contributed by atoms with E-state index < -0.39 is 0 Å². The van der Waals surface area contributed by atoms with Crippen molar-refractivity contribution in [2.24, 2.45) is 11.7 Å². The summed E-state index contributed by atoms with van der Waals surface area (Å²) in [4.78, 5) is 14.4. The molecule has 0 bridgehead atoms. The standard InChI is InChI=1S/C14H18Br3N3O/c1-8-2-10(18)6-20(5-8)7-13(21)19-14-11(16)3-9(15)4-12(14)17/h3-4,8,10H,2,5-7,18H2,1H3,(H,19,21). The molecule has 1 heterocycles. The zero-order valence-electron chi connectivity index (χ0n) is 11.7. The lowest BCUT2D eigenvalue weighted by Crippen LogP contribution is -2.48. The zero-order chi connectivity index (χ0) is 15.6. The van der Waals surface area contributed by atoms with Gasteiger partial charge in [0.1, 0.15) is 0 Å². The van der Waals surface area contributed by atoms with Gasteiger partial charge < -0.3 is 11.1 Å². The Balaban J connectivity index is 1.99. The number of likely N-dealkylation sites (tertiary alicyclic amines) is 1. The maximum atomic E-state index is 12.2. The van der Waals surface area contributed by atoms with Gasteiger partial charge in [0.05, 0.1) is 12.2 Å². The Morgan fingerprint density at radius 2 is 1.95 bits per heavy atom. The van der Waals surface area contributed by atoms with Gasteiger partial charge in [-0.25, -0.2) is 0 Å². The Morgan fingerprint density at radius 3 is 2.52 bits per heavy atom. The van der Waals surface area contributed by atoms with Crippen LogP contribution in [0, 0.1) is 5.92 Å². The Labute approximate surface area is 150 Å². The topological polar surface area (TPSA) is 58.4 Å². The third kappa shape index (κ3) is 5.03. The summed E-state index contributed by atoms with van der Waals surface area (Å²) in [5, 5.41) is 2.95. The van der Waals surface area contributed by atoms with Crippen LogP contribution in [0.5, 0.6) is 0 Å². The number of hydrogen-bond acceptors (Lipinski definition) is 3. The van der Waals surface area contributed by atoms with Crippen molar-refractivity contribution in [2.45, 2.75) is 19.4 Å². The first-order valence-electron chi connectivity index (χ1n) is 6.77. The molecule has 2 atom stereocenters. The van der Waals surface area contributed by atoms with Crippen LogP contribution in [0.1, 0.15) is 13.3 Å². The minimum absolute atomic E-state index is 0.0278. The smallest absolute Gasteiger partial charge is 0.238 e. The first kappa shape index (κ1) is 17.4. The molecule has 3 N–H and O–H groups in total. The number of piperidine rings is 1. The van der Waals surface area contributed by atoms with Crippen LogP contribution in [0.4, 0.5) is 5.69 Å². The van der Waals surface area contributed by atoms with Crippen LogP contribution in [0.15, 0.2) is 25.6 Å². The number of anilines is 1. The molecule has 4 nitrogen and oxygen atoms in total. The minimum atomic E-state index is -0.0278. The molecule has 1 aliphatic rings. The molecule has 0 spiro atoms. The molecule has 1 amide bonds. The van der Waals surface area contributed by atoms with Crippen LogP contribution in [-0.4, -0.2) is 36.5 Å². The third-order valence-corrected chi connectivity index (χ3v) is 5.11. The van der Waals surface area contributed by atoms with Crippen LogP contribution >= 0.6 is 47.8 Å². The number of carbonyl (C=O) groups is 1. The second-order valence-electron chi connectivity index (χ2n) is 5.59. The number of benzene rings is 1. The van der Waals surface area contributed by atoms with E-state index in [1.807, 2.05) is 12.1 Å². The molecule has 2 unspecified atom stereocenters. The van der Waals surface area contributed by atoms with Crippen LogP contribution in [-0.2, 0) is 4.79 Å². The van der Waals surface area contributed by atoms with Crippen molar-refractivity contribution >= 4 is 59.4 Å². The minimum Gasteiger partial charge on any atom is -0.327 e. The van der Waals surface area contributed by atoms with Gasteiger partial charge >= 0.3 is 0 Å². The number of carbonyl (C=O) groups excluding carboxylic acids is 1. The summed E-state index contributed by atoms with van der Waals surface area (Å²) in [6, 6.07) is 3.96. The predicted octanol–water partition coefficient (Wildman–Crippen LogP) is 3.58. The summed E-state index contributed by atoms with van der Waals surface area (Å²) in [6.45, 7) is 4.24. The summed E-state index contributed by atoms with van der Waals surface area (Å²) in [7, 11) is 0. The van der Waals surface area contributed by atoms with Crippen molar-refractivity contribution in [2.75, 3.05) is 25.0 Å². The molecule has 7 heteroatoms. The van der Waals surface area contributed by atoms with E-state index in [0.717, 1.165) is 38.6 Å². The normalized spacial score (nSPS) is 23.1. The third-order valence-electron chi connectivity index (χ3n) is 3.41. The number of amides is 1. The van der Waals surface area contributed by atoms with Gasteiger partial charge in [0, 0.05) is 32.5 Å². The van der Waals surface area contributed by atoms with Crippen molar-refractivity contribution in [3.63, 3.8) is 0 Å². The molecule has 1 fully saturated rings. The van der Waals surface area contributed by atoms with Gasteiger partial charge in [-0.1, -0.05) is 22.9 Å². The van der Waals surface area contributed by atoms with Crippen molar-refractivity contribution in [1.29, 1.82) is 0 Å². The highest BCUT2D eigenvalue weighted by molar-refractivity contribution is 9.11. The lowest BCUT2D eigenvalue weighted by atomic mass is 9.97. The first-order valence-corrected chi connectivity index (χ1v) is 9.15. The summed E-state index contributed by atoms with van der Waals surface area (Å²) in [5.74, 6) is 0.507. The molecular formula is C14H18Br3N3O. The monoisotopic (exact) mass is 481 g/mol. The maximum absolute atomic E-state index is 12.2. The lowest BCUT2D eigenvalue weighted by molar-refractivity contribution is -0.117. The molecule has 1 aromatic rings. The fraction of sp³-hybridized carbons (Fsp3) is 0.500. The molecule has 1 saturated heterocycles. The molecule has 1 aliphatic heterocycles. The Hall–Kier alpha value is 0.0500. The molecule has 0 aliphatic carbocycles. The van der Waals surface area contributed by atoms with Crippen LogP contribution in [0.3, 0.4) is 0 Å². The van der Waals surface area contributed by atoms with Crippen molar-refractivity contribution < 1.29 is 4.79 Å². The van der Waals surface area contributed by atoms with Gasteiger partial charge in [0.2, 0.25) is 5.91 Å². The summed E-state index contributed by atoms with van der Waals surface area (Å²) in [6.07, 6.45) is 1.03. The van der Waals surface area contributed by atoms with E-state index in [1.165, 1.54) is 0 Å². The zero-order valence-corrected chi connectivity index (χ0v) is 16.5. The number of rotatable bonds is 3. The van der Waals surface area contributed by atoms with Crippen LogP contribution in [0.25, 0.3) is 0 Å². The van der Waals surface area contributed by atoms with Crippen molar-refractivity contribution in [3.05, 3.63) is 25.6 Å². The SMILES string of the molecule is CC1CC(N)CN(CC(=O)Nc2c(Br)cc(Br)cc2Br)C1. The molecule has 0 saturated carbocycles. The maximum Gasteiger partial charge on any atom is 0.238 e. The molecule has 21 heavy (non-hydrogen) atoms. The van der Waals surface area contributed by atoms with Gasteiger partial charge in [0.15, 0.2) is 0 Å². The van der Waals surface area contributed by atoms with Gasteiger partial charge in [0.25, 0.3) is 0 Å². The Bertz CT molecular complexity index is 505. The molecular weight excluding hydrogens is 466 g/mol. The number of nitrogens with one attached hydrogen (secondary N) is 1. The average molecular weight is 484 g/mol. The fourth-order valence-electron chi connectivity index (χ4n) is 2.69. The van der Waals surface area contributed by atoms with E-state index in [-0.39, 0.29) is 11.9 Å². The Kier molecular flexibility index (Phi) is 6.25. The van der Waals surface area contributed by atoms with Gasteiger partial charge in [-0.3, -0.25) is 9.69 Å². The highest BCUT2D eigenvalue weighted by Gasteiger charge is 2.24. The van der Waals surface area contributed by atoms with Crippen molar-refractivity contribution in [3.8, 4) is 0 Å². The first-order chi connectivity index (χ1) is 9.85. The molecule has 0 radical (unpaired) electrons. The number of halogens is 3. The highest BCUT2D eigenvalue weighted by Crippen LogP contribution is 2.34. The summed E-state index contributed by atoms with van der Waals surface area (Å²) < 4.78 is 2.61.